The van der Waals surface area contributed by atoms with Gasteiger partial charge in [0.2, 0.25) is 0 Å². The Bertz CT molecular complexity index is 965. The molecule has 0 N–H and O–H groups in total. The maximum absolute atomic E-state index is 13.8. The molecule has 0 bridgehead atoms. The molecule has 0 aliphatic heterocycles. The van der Waals surface area contributed by atoms with Gasteiger partial charge in [-0.2, -0.15) is 0 Å². The monoisotopic (exact) mass is 348 g/mol. The van der Waals surface area contributed by atoms with Crippen molar-refractivity contribution in [3.63, 3.8) is 0 Å². The van der Waals surface area contributed by atoms with Gasteiger partial charge in [0.1, 0.15) is 22.8 Å². The number of hydrogen-bond donors (Lipinski definition) is 0. The Balaban J connectivity index is 2.01. The molecule has 7 heteroatoms. The summed E-state index contributed by atoms with van der Waals surface area (Å²) in [4.78, 5) is 29.9. The van der Waals surface area contributed by atoms with Crippen LogP contribution in [0.25, 0.3) is 10.2 Å². The molecule has 4 nitrogen and oxygen atoms in total. The molecule has 0 amide bonds. The summed E-state index contributed by atoms with van der Waals surface area (Å²) in [6, 6.07) is 4.02. The van der Waals surface area contributed by atoms with Crippen LogP contribution in [-0.4, -0.2) is 15.8 Å². The highest BCUT2D eigenvalue weighted by molar-refractivity contribution is 7.18. The van der Waals surface area contributed by atoms with Crippen LogP contribution in [0.5, 0.6) is 0 Å². The highest BCUT2D eigenvalue weighted by Gasteiger charge is 2.18. The molecule has 0 saturated heterocycles. The number of aryl methyl sites for hydroxylation is 1. The van der Waals surface area contributed by atoms with E-state index < -0.39 is 17.7 Å². The van der Waals surface area contributed by atoms with Gasteiger partial charge in [0.25, 0.3) is 5.56 Å². The second kappa shape index (κ2) is 6.60. The van der Waals surface area contributed by atoms with Crippen LogP contribution in [-0.2, 0) is 17.6 Å². The third-order valence-corrected chi connectivity index (χ3v) is 5.02. The Morgan fingerprint density at radius 1 is 1.33 bits per heavy atom. The Labute approximate surface area is 140 Å². The average molecular weight is 348 g/mol. The molecule has 3 aromatic rings. The van der Waals surface area contributed by atoms with Crippen LogP contribution < -0.4 is 5.56 Å². The predicted octanol–water partition coefficient (Wildman–Crippen LogP) is 3.28. The summed E-state index contributed by atoms with van der Waals surface area (Å²) in [6.07, 6.45) is 2.62. The van der Waals surface area contributed by atoms with Crippen molar-refractivity contribution in [1.29, 1.82) is 0 Å². The lowest BCUT2D eigenvalue weighted by atomic mass is 10.1. The van der Waals surface area contributed by atoms with Crippen LogP contribution in [0.4, 0.5) is 8.78 Å². The molecule has 0 aliphatic rings. The summed E-state index contributed by atoms with van der Waals surface area (Å²) < 4.78 is 28.0. The summed E-state index contributed by atoms with van der Waals surface area (Å²) in [5.41, 5.74) is -0.171. The first kappa shape index (κ1) is 16.4. The summed E-state index contributed by atoms with van der Waals surface area (Å²) in [6.45, 7) is 1.98. The molecule has 0 spiro atoms. The van der Waals surface area contributed by atoms with E-state index in [1.54, 1.807) is 6.07 Å². The highest BCUT2D eigenvalue weighted by Crippen LogP contribution is 2.22. The number of halogens is 2. The van der Waals surface area contributed by atoms with Crippen LogP contribution in [0.15, 0.2) is 35.4 Å². The fourth-order valence-electron chi connectivity index (χ4n) is 2.52. The quantitative estimate of drug-likeness (QED) is 0.665. The smallest absolute Gasteiger partial charge is 0.262 e. The van der Waals surface area contributed by atoms with Crippen molar-refractivity contribution in [1.82, 2.24) is 9.55 Å². The lowest BCUT2D eigenvalue weighted by Gasteiger charge is -2.14. The second-order valence-corrected chi connectivity index (χ2v) is 6.50. The van der Waals surface area contributed by atoms with E-state index in [4.69, 9.17) is 0 Å². The van der Waals surface area contributed by atoms with Gasteiger partial charge in [-0.05, 0) is 24.1 Å². The molecular formula is C17H14F2N2O2S. The maximum Gasteiger partial charge on any atom is 0.262 e. The number of rotatable bonds is 5. The van der Waals surface area contributed by atoms with Crippen molar-refractivity contribution in [3.05, 3.63) is 63.0 Å². The van der Waals surface area contributed by atoms with E-state index in [9.17, 15) is 18.4 Å². The third-order valence-electron chi connectivity index (χ3n) is 3.83. The molecule has 2 heterocycles. The Morgan fingerprint density at radius 3 is 2.79 bits per heavy atom. The van der Waals surface area contributed by atoms with Gasteiger partial charge in [-0.3, -0.25) is 9.36 Å². The summed E-state index contributed by atoms with van der Waals surface area (Å²) in [5.74, 6) is -1.43. The standard InChI is InChI=1S/C17H14F2N2O2S/c1-2-13-7-14-16(24-13)20-9-21(17(14)23)12(8-22)5-10-3-4-11(18)6-15(10)19/h3-4,6-9,12H,2,5H2,1H3. The number of carbonyl (C=O) groups excluding carboxylic acids is 1. The van der Waals surface area contributed by atoms with Gasteiger partial charge in [-0.15, -0.1) is 11.3 Å². The molecule has 0 fully saturated rings. The number of nitrogens with zero attached hydrogens (tertiary/aromatic N) is 2. The molecule has 1 aromatic carbocycles. The van der Waals surface area contributed by atoms with Crippen molar-refractivity contribution in [2.75, 3.05) is 0 Å². The topological polar surface area (TPSA) is 52.0 Å². The van der Waals surface area contributed by atoms with Crippen LogP contribution in [0.2, 0.25) is 0 Å². The number of hydrogen-bond acceptors (Lipinski definition) is 4. The first-order valence-electron chi connectivity index (χ1n) is 7.42. The Morgan fingerprint density at radius 2 is 2.12 bits per heavy atom. The van der Waals surface area contributed by atoms with Crippen molar-refractivity contribution in [2.24, 2.45) is 0 Å². The van der Waals surface area contributed by atoms with Gasteiger partial charge in [0.05, 0.1) is 17.8 Å². The van der Waals surface area contributed by atoms with Gasteiger partial charge in [0, 0.05) is 17.4 Å². The van der Waals surface area contributed by atoms with E-state index in [2.05, 4.69) is 4.98 Å². The molecule has 2 aromatic heterocycles. The molecule has 24 heavy (non-hydrogen) atoms. The predicted molar refractivity (Wildman–Crippen MR) is 88.4 cm³/mol. The van der Waals surface area contributed by atoms with E-state index in [0.29, 0.717) is 16.5 Å². The molecule has 3 rings (SSSR count). The number of thiophene rings is 1. The van der Waals surface area contributed by atoms with E-state index in [-0.39, 0.29) is 17.5 Å². The van der Waals surface area contributed by atoms with Crippen LogP contribution in [0, 0.1) is 11.6 Å². The largest absolute Gasteiger partial charge is 0.301 e. The average Bonchev–Trinajstić information content (AvgIpc) is 2.99. The third kappa shape index (κ3) is 2.99. The fourth-order valence-corrected chi connectivity index (χ4v) is 3.45. The molecule has 0 aliphatic carbocycles. The second-order valence-electron chi connectivity index (χ2n) is 5.39. The van der Waals surface area contributed by atoms with Crippen molar-refractivity contribution < 1.29 is 13.6 Å². The van der Waals surface area contributed by atoms with Gasteiger partial charge < -0.3 is 4.79 Å². The minimum atomic E-state index is -0.903. The maximum atomic E-state index is 13.8. The Hall–Kier alpha value is -2.41. The number of aromatic nitrogens is 2. The summed E-state index contributed by atoms with van der Waals surface area (Å²) in [7, 11) is 0. The zero-order valence-electron chi connectivity index (χ0n) is 12.8. The van der Waals surface area contributed by atoms with E-state index in [1.165, 1.54) is 28.3 Å². The number of carbonyl (C=O) groups is 1. The minimum Gasteiger partial charge on any atom is -0.301 e. The first-order chi connectivity index (χ1) is 11.5. The van der Waals surface area contributed by atoms with Gasteiger partial charge in [-0.1, -0.05) is 13.0 Å². The van der Waals surface area contributed by atoms with Gasteiger partial charge in [-0.25, -0.2) is 13.8 Å². The zero-order chi connectivity index (χ0) is 17.3. The lowest BCUT2D eigenvalue weighted by molar-refractivity contribution is -0.110. The number of aldehydes is 1. The molecular weight excluding hydrogens is 334 g/mol. The van der Waals surface area contributed by atoms with E-state index >= 15 is 0 Å². The molecule has 124 valence electrons. The first-order valence-corrected chi connectivity index (χ1v) is 8.24. The number of fused-ring (bicyclic) bond motifs is 1. The van der Waals surface area contributed by atoms with Gasteiger partial charge >= 0.3 is 0 Å². The molecule has 0 radical (unpaired) electrons. The van der Waals surface area contributed by atoms with Crippen LogP contribution in [0.3, 0.4) is 0 Å². The lowest BCUT2D eigenvalue weighted by Crippen LogP contribution is -2.27. The fraction of sp³-hybridized carbons (Fsp3) is 0.235. The minimum absolute atomic E-state index is 0.0481. The van der Waals surface area contributed by atoms with Crippen LogP contribution >= 0.6 is 11.3 Å². The number of benzene rings is 1. The normalized spacial score (nSPS) is 12.5. The van der Waals surface area contributed by atoms with Crippen molar-refractivity contribution in [3.8, 4) is 0 Å². The summed E-state index contributed by atoms with van der Waals surface area (Å²) in [5, 5.41) is 0.450. The van der Waals surface area contributed by atoms with E-state index in [0.717, 1.165) is 23.4 Å². The molecule has 1 unspecified atom stereocenters. The Kier molecular flexibility index (Phi) is 4.53. The van der Waals surface area contributed by atoms with Gasteiger partial charge in [0.15, 0.2) is 0 Å². The van der Waals surface area contributed by atoms with Crippen molar-refractivity contribution in [2.45, 2.75) is 25.8 Å². The highest BCUT2D eigenvalue weighted by atomic mass is 32.1. The van der Waals surface area contributed by atoms with Crippen LogP contribution in [0.1, 0.15) is 23.4 Å². The van der Waals surface area contributed by atoms with Crippen molar-refractivity contribution >= 4 is 27.8 Å². The SMILES string of the molecule is CCc1cc2c(=O)n(C(C=O)Cc3ccc(F)cc3F)cnc2s1. The summed E-state index contributed by atoms with van der Waals surface area (Å²) >= 11 is 1.43. The zero-order valence-corrected chi connectivity index (χ0v) is 13.6. The van der Waals surface area contributed by atoms with E-state index in [1.807, 2.05) is 6.92 Å². The molecule has 0 saturated carbocycles. The molecule has 1 atom stereocenters.